The fourth-order valence-corrected chi connectivity index (χ4v) is 5.33. The van der Waals surface area contributed by atoms with Gasteiger partial charge in [-0.2, -0.15) is 16.9 Å². The molecule has 0 saturated carbocycles. The zero-order chi connectivity index (χ0) is 18.2. The summed E-state index contributed by atoms with van der Waals surface area (Å²) in [5.41, 5.74) is 1.90. The lowest BCUT2D eigenvalue weighted by atomic mass is 10.2. The number of anilines is 1. The van der Waals surface area contributed by atoms with Crippen LogP contribution in [0.4, 0.5) is 5.82 Å². The van der Waals surface area contributed by atoms with Gasteiger partial charge >= 0.3 is 0 Å². The van der Waals surface area contributed by atoms with Gasteiger partial charge in [0, 0.05) is 24.4 Å². The highest BCUT2D eigenvalue weighted by atomic mass is 32.2. The standard InChI is InChI=1S/C20H24N6S/c1-27-18-13-25(12-17(18)24-9-5-6-10-24)19-16-11-23-26(20(16)22-14-21-19)15-7-3-2-4-8-15/h2-4,7-8,11,14,17-18H,5-6,9-10,12-13H2,1H3/t17-,18+/m1/s1. The van der Waals surface area contributed by atoms with Crippen molar-refractivity contribution in [2.24, 2.45) is 0 Å². The maximum atomic E-state index is 4.66. The zero-order valence-corrected chi connectivity index (χ0v) is 16.3. The quantitative estimate of drug-likeness (QED) is 0.694. The van der Waals surface area contributed by atoms with E-state index in [1.165, 1.54) is 25.9 Å². The van der Waals surface area contributed by atoms with Crippen LogP contribution in [0.2, 0.25) is 0 Å². The Labute approximate surface area is 163 Å². The number of thioether (sulfide) groups is 1. The SMILES string of the molecule is CS[C@H]1CN(c2ncnc3c2cnn3-c2ccccc2)C[C@H]1N1CCCC1. The molecule has 2 saturated heterocycles. The Balaban J connectivity index is 1.49. The van der Waals surface area contributed by atoms with Crippen LogP contribution in [0.5, 0.6) is 0 Å². The van der Waals surface area contributed by atoms with Crippen LogP contribution < -0.4 is 4.90 Å². The highest BCUT2D eigenvalue weighted by Crippen LogP contribution is 2.33. The summed E-state index contributed by atoms with van der Waals surface area (Å²) in [5.74, 6) is 1.02. The monoisotopic (exact) mass is 380 g/mol. The van der Waals surface area contributed by atoms with Gasteiger partial charge in [0.05, 0.1) is 17.3 Å². The molecule has 0 spiro atoms. The maximum Gasteiger partial charge on any atom is 0.168 e. The van der Waals surface area contributed by atoms with E-state index in [2.05, 4.69) is 43.3 Å². The topological polar surface area (TPSA) is 50.1 Å². The molecule has 0 radical (unpaired) electrons. The summed E-state index contributed by atoms with van der Waals surface area (Å²) in [7, 11) is 0. The van der Waals surface area contributed by atoms with Gasteiger partial charge in [0.25, 0.3) is 0 Å². The summed E-state index contributed by atoms with van der Waals surface area (Å²) < 4.78 is 1.90. The Hall–Kier alpha value is -2.12. The number of rotatable bonds is 4. The lowest BCUT2D eigenvalue weighted by Gasteiger charge is -2.27. The third-order valence-corrected chi connectivity index (χ3v) is 6.86. The van der Waals surface area contributed by atoms with Gasteiger partial charge in [0.2, 0.25) is 0 Å². The number of fused-ring (bicyclic) bond motifs is 1. The van der Waals surface area contributed by atoms with Crippen molar-refractivity contribution in [3.8, 4) is 5.69 Å². The first-order valence-electron chi connectivity index (χ1n) is 9.61. The summed E-state index contributed by atoms with van der Waals surface area (Å²) in [6.45, 7) is 4.54. The molecule has 2 atom stereocenters. The van der Waals surface area contributed by atoms with E-state index in [0.29, 0.717) is 11.3 Å². The Bertz CT molecular complexity index is 921. The number of likely N-dealkylation sites (tertiary alicyclic amines) is 1. The van der Waals surface area contributed by atoms with Crippen LogP contribution in [0, 0.1) is 0 Å². The van der Waals surface area contributed by atoms with Crippen LogP contribution in [0.1, 0.15) is 12.8 Å². The molecule has 0 amide bonds. The van der Waals surface area contributed by atoms with Gasteiger partial charge < -0.3 is 4.90 Å². The second-order valence-corrected chi connectivity index (χ2v) is 8.39. The molecule has 140 valence electrons. The summed E-state index contributed by atoms with van der Waals surface area (Å²) in [5, 5.41) is 6.26. The van der Waals surface area contributed by atoms with Gasteiger partial charge in [-0.15, -0.1) is 0 Å². The minimum Gasteiger partial charge on any atom is -0.353 e. The van der Waals surface area contributed by atoms with E-state index in [1.807, 2.05) is 40.8 Å². The number of hydrogen-bond acceptors (Lipinski definition) is 6. The Kier molecular flexibility index (Phi) is 4.49. The van der Waals surface area contributed by atoms with Crippen LogP contribution in [-0.4, -0.2) is 68.4 Å². The van der Waals surface area contributed by atoms with Crippen LogP contribution >= 0.6 is 11.8 Å². The largest absolute Gasteiger partial charge is 0.353 e. The molecule has 0 aliphatic carbocycles. The Morgan fingerprint density at radius 2 is 1.85 bits per heavy atom. The predicted octanol–water partition coefficient (Wildman–Crippen LogP) is 2.83. The second-order valence-electron chi connectivity index (χ2n) is 7.32. The molecule has 0 unspecified atom stereocenters. The molecular weight excluding hydrogens is 356 g/mol. The highest BCUT2D eigenvalue weighted by Gasteiger charge is 2.38. The van der Waals surface area contributed by atoms with Gasteiger partial charge in [-0.05, 0) is 44.3 Å². The average molecular weight is 381 g/mol. The highest BCUT2D eigenvalue weighted by molar-refractivity contribution is 7.99. The first-order valence-corrected chi connectivity index (χ1v) is 10.9. The smallest absolute Gasteiger partial charge is 0.168 e. The number of benzene rings is 1. The van der Waals surface area contributed by atoms with Crippen LogP contribution in [-0.2, 0) is 0 Å². The molecule has 0 bridgehead atoms. The van der Waals surface area contributed by atoms with Crippen molar-refractivity contribution in [2.75, 3.05) is 37.3 Å². The van der Waals surface area contributed by atoms with Crippen LogP contribution in [0.25, 0.3) is 16.7 Å². The molecule has 6 nitrogen and oxygen atoms in total. The average Bonchev–Trinajstić information content (AvgIpc) is 3.46. The van der Waals surface area contributed by atoms with Gasteiger partial charge in [-0.1, -0.05) is 18.2 Å². The lowest BCUT2D eigenvalue weighted by Crippen LogP contribution is -2.40. The molecule has 5 rings (SSSR count). The normalized spacial score (nSPS) is 23.5. The van der Waals surface area contributed by atoms with E-state index in [-0.39, 0.29) is 0 Å². The van der Waals surface area contributed by atoms with E-state index in [0.717, 1.165) is 35.6 Å². The molecular formula is C20H24N6S. The van der Waals surface area contributed by atoms with E-state index in [4.69, 9.17) is 0 Å². The van der Waals surface area contributed by atoms with Gasteiger partial charge in [-0.3, -0.25) is 4.90 Å². The first kappa shape index (κ1) is 17.0. The molecule has 2 fully saturated rings. The predicted molar refractivity (Wildman–Crippen MR) is 111 cm³/mol. The zero-order valence-electron chi connectivity index (χ0n) is 15.5. The Morgan fingerprint density at radius 1 is 1.04 bits per heavy atom. The van der Waals surface area contributed by atoms with Gasteiger partial charge in [0.1, 0.15) is 12.1 Å². The van der Waals surface area contributed by atoms with E-state index < -0.39 is 0 Å². The molecule has 2 aliphatic rings. The molecule has 1 aromatic carbocycles. The third kappa shape index (κ3) is 2.99. The van der Waals surface area contributed by atoms with E-state index in [1.54, 1.807) is 6.33 Å². The summed E-state index contributed by atoms with van der Waals surface area (Å²) in [6, 6.07) is 10.8. The molecule has 7 heteroatoms. The number of nitrogens with zero attached hydrogens (tertiary/aromatic N) is 6. The fraction of sp³-hybridized carbons (Fsp3) is 0.450. The maximum absolute atomic E-state index is 4.66. The van der Waals surface area contributed by atoms with Crippen molar-refractivity contribution in [3.63, 3.8) is 0 Å². The molecule has 4 heterocycles. The molecule has 3 aromatic rings. The first-order chi connectivity index (χ1) is 13.3. The number of hydrogen-bond donors (Lipinski definition) is 0. The lowest BCUT2D eigenvalue weighted by molar-refractivity contribution is 0.264. The van der Waals surface area contributed by atoms with Gasteiger partial charge in [0.15, 0.2) is 5.65 Å². The van der Waals surface area contributed by atoms with Crippen molar-refractivity contribution in [2.45, 2.75) is 24.1 Å². The Morgan fingerprint density at radius 3 is 2.63 bits per heavy atom. The van der Waals surface area contributed by atoms with Crippen molar-refractivity contribution in [1.82, 2.24) is 24.6 Å². The fourth-order valence-electron chi connectivity index (χ4n) is 4.43. The van der Waals surface area contributed by atoms with E-state index in [9.17, 15) is 0 Å². The molecule has 0 N–H and O–H groups in total. The van der Waals surface area contributed by atoms with Crippen molar-refractivity contribution in [1.29, 1.82) is 0 Å². The third-order valence-electron chi connectivity index (χ3n) is 5.79. The van der Waals surface area contributed by atoms with Crippen molar-refractivity contribution >= 4 is 28.6 Å². The molecule has 2 aromatic heterocycles. The molecule has 2 aliphatic heterocycles. The van der Waals surface area contributed by atoms with Crippen molar-refractivity contribution in [3.05, 3.63) is 42.9 Å². The van der Waals surface area contributed by atoms with E-state index >= 15 is 0 Å². The molecule has 27 heavy (non-hydrogen) atoms. The summed E-state index contributed by atoms with van der Waals surface area (Å²) in [6.07, 6.45) is 8.49. The van der Waals surface area contributed by atoms with Crippen LogP contribution in [0.15, 0.2) is 42.9 Å². The number of aromatic nitrogens is 4. The van der Waals surface area contributed by atoms with Crippen LogP contribution in [0.3, 0.4) is 0 Å². The van der Waals surface area contributed by atoms with Gasteiger partial charge in [-0.25, -0.2) is 14.6 Å². The minimum atomic E-state index is 0.608. The second kappa shape index (κ2) is 7.13. The summed E-state index contributed by atoms with van der Waals surface area (Å²) in [4.78, 5) is 14.3. The number of para-hydroxylation sites is 1. The van der Waals surface area contributed by atoms with Crippen molar-refractivity contribution < 1.29 is 0 Å². The summed E-state index contributed by atoms with van der Waals surface area (Å²) >= 11 is 1.99. The minimum absolute atomic E-state index is 0.608.